The maximum atomic E-state index is 11.7. The largest absolute Gasteiger partial charge is 0.497 e. The first-order valence-corrected chi connectivity index (χ1v) is 10.0. The van der Waals surface area contributed by atoms with E-state index in [2.05, 4.69) is 17.0 Å². The normalized spacial score (nSPS) is 14.7. The van der Waals surface area contributed by atoms with Crippen molar-refractivity contribution >= 4 is 10.0 Å². The first-order chi connectivity index (χ1) is 12.4. The van der Waals surface area contributed by atoms with Crippen LogP contribution in [0.5, 0.6) is 11.5 Å². The lowest BCUT2D eigenvalue weighted by atomic mass is 9.99. The van der Waals surface area contributed by atoms with Crippen molar-refractivity contribution in [3.8, 4) is 11.5 Å². The van der Waals surface area contributed by atoms with Gasteiger partial charge in [0.1, 0.15) is 16.4 Å². The highest BCUT2D eigenvalue weighted by molar-refractivity contribution is 7.89. The summed E-state index contributed by atoms with van der Waals surface area (Å²) < 4.78 is 33.9. The van der Waals surface area contributed by atoms with Crippen LogP contribution in [0.25, 0.3) is 0 Å². The minimum absolute atomic E-state index is 0.0606. The van der Waals surface area contributed by atoms with Crippen LogP contribution in [0.3, 0.4) is 0 Å². The Hall–Kier alpha value is -2.09. The van der Waals surface area contributed by atoms with E-state index in [1.807, 2.05) is 12.1 Å². The molecule has 1 aliphatic rings. The van der Waals surface area contributed by atoms with Gasteiger partial charge < -0.3 is 9.47 Å². The molecular weight excluding hydrogens is 352 g/mol. The highest BCUT2D eigenvalue weighted by Crippen LogP contribution is 2.30. The Labute approximate surface area is 154 Å². The molecule has 0 radical (unpaired) electrons. The van der Waals surface area contributed by atoms with Crippen LogP contribution in [0, 0.1) is 0 Å². The molecule has 1 aliphatic heterocycles. The average molecular weight is 376 g/mol. The predicted octanol–water partition coefficient (Wildman–Crippen LogP) is 1.95. The van der Waals surface area contributed by atoms with Crippen molar-refractivity contribution in [1.82, 2.24) is 4.90 Å². The molecule has 0 saturated heterocycles. The zero-order chi connectivity index (χ0) is 18.7. The molecule has 0 fully saturated rings. The van der Waals surface area contributed by atoms with Gasteiger partial charge in [-0.25, -0.2) is 13.6 Å². The van der Waals surface area contributed by atoms with Crippen LogP contribution in [-0.4, -0.2) is 40.6 Å². The average Bonchev–Trinajstić information content (AvgIpc) is 2.64. The van der Waals surface area contributed by atoms with E-state index in [4.69, 9.17) is 14.6 Å². The van der Waals surface area contributed by atoms with Crippen molar-refractivity contribution in [2.45, 2.75) is 24.3 Å². The number of hydrogen-bond donors (Lipinski definition) is 1. The molecule has 2 N–H and O–H groups in total. The van der Waals surface area contributed by atoms with E-state index in [0.717, 1.165) is 49.4 Å². The van der Waals surface area contributed by atoms with E-state index in [1.54, 1.807) is 19.2 Å². The Kier molecular flexibility index (Phi) is 5.50. The van der Waals surface area contributed by atoms with Crippen LogP contribution >= 0.6 is 0 Å². The van der Waals surface area contributed by atoms with Crippen LogP contribution in [0.4, 0.5) is 0 Å². The number of nitrogens with two attached hydrogens (primary N) is 1. The fourth-order valence-corrected chi connectivity index (χ4v) is 4.00. The number of fused-ring (bicyclic) bond motifs is 1. The lowest BCUT2D eigenvalue weighted by Gasteiger charge is -2.29. The SMILES string of the molecule is COc1ccc(CCN2CCc3cc(S(N)(=O)=O)c(OC)cc3C2)cc1. The number of primary sulfonamides is 1. The van der Waals surface area contributed by atoms with E-state index >= 15 is 0 Å². The summed E-state index contributed by atoms with van der Waals surface area (Å²) in [7, 11) is -0.672. The summed E-state index contributed by atoms with van der Waals surface area (Å²) in [5.41, 5.74) is 3.38. The first kappa shape index (κ1) is 18.7. The molecule has 0 aliphatic carbocycles. The molecule has 0 atom stereocenters. The third kappa shape index (κ3) is 4.17. The van der Waals surface area contributed by atoms with Crippen molar-refractivity contribution in [3.05, 3.63) is 53.1 Å². The summed E-state index contributed by atoms with van der Waals surface area (Å²) in [6, 6.07) is 11.6. The second-order valence-corrected chi connectivity index (χ2v) is 7.97. The minimum Gasteiger partial charge on any atom is -0.497 e. The number of ether oxygens (including phenoxy) is 2. The summed E-state index contributed by atoms with van der Waals surface area (Å²) in [5, 5.41) is 5.30. The van der Waals surface area contributed by atoms with Crippen molar-refractivity contribution in [2.24, 2.45) is 5.14 Å². The molecule has 0 saturated carbocycles. The number of methoxy groups -OCH3 is 2. The number of sulfonamides is 1. The molecule has 0 spiro atoms. The fourth-order valence-electron chi connectivity index (χ4n) is 3.27. The number of rotatable bonds is 6. The van der Waals surface area contributed by atoms with Gasteiger partial charge in [-0.15, -0.1) is 0 Å². The molecule has 7 heteroatoms. The third-order valence-corrected chi connectivity index (χ3v) is 5.69. The van der Waals surface area contributed by atoms with Crippen LogP contribution in [0.1, 0.15) is 16.7 Å². The van der Waals surface area contributed by atoms with Gasteiger partial charge in [0.25, 0.3) is 0 Å². The van der Waals surface area contributed by atoms with Crippen molar-refractivity contribution < 1.29 is 17.9 Å². The number of nitrogens with zero attached hydrogens (tertiary/aromatic N) is 1. The van der Waals surface area contributed by atoms with Gasteiger partial charge in [-0.05, 0) is 53.8 Å². The van der Waals surface area contributed by atoms with Crippen LogP contribution in [-0.2, 0) is 29.4 Å². The monoisotopic (exact) mass is 376 g/mol. The molecule has 26 heavy (non-hydrogen) atoms. The van der Waals surface area contributed by atoms with E-state index in [9.17, 15) is 8.42 Å². The summed E-state index contributed by atoms with van der Waals surface area (Å²) in [5.74, 6) is 1.17. The minimum atomic E-state index is -3.79. The third-order valence-electron chi connectivity index (χ3n) is 4.76. The molecule has 0 bridgehead atoms. The van der Waals surface area contributed by atoms with Gasteiger partial charge in [-0.3, -0.25) is 4.90 Å². The molecule has 6 nitrogen and oxygen atoms in total. The van der Waals surface area contributed by atoms with Gasteiger partial charge in [-0.1, -0.05) is 12.1 Å². The van der Waals surface area contributed by atoms with Gasteiger partial charge >= 0.3 is 0 Å². The van der Waals surface area contributed by atoms with E-state index < -0.39 is 10.0 Å². The van der Waals surface area contributed by atoms with Crippen molar-refractivity contribution in [1.29, 1.82) is 0 Å². The molecule has 1 heterocycles. The Morgan fingerprint density at radius 3 is 2.42 bits per heavy atom. The van der Waals surface area contributed by atoms with Gasteiger partial charge in [0.15, 0.2) is 0 Å². The Morgan fingerprint density at radius 1 is 1.08 bits per heavy atom. The van der Waals surface area contributed by atoms with Gasteiger partial charge in [0.2, 0.25) is 10.0 Å². The van der Waals surface area contributed by atoms with Crippen LogP contribution in [0.2, 0.25) is 0 Å². The molecule has 2 aromatic rings. The molecule has 0 unspecified atom stereocenters. The van der Waals surface area contributed by atoms with E-state index in [-0.39, 0.29) is 4.90 Å². The molecule has 3 rings (SSSR count). The quantitative estimate of drug-likeness (QED) is 0.833. The van der Waals surface area contributed by atoms with Crippen LogP contribution < -0.4 is 14.6 Å². The highest BCUT2D eigenvalue weighted by atomic mass is 32.2. The Bertz CT molecular complexity index is 879. The molecule has 2 aromatic carbocycles. The molecule has 0 aromatic heterocycles. The first-order valence-electron chi connectivity index (χ1n) is 8.48. The summed E-state index contributed by atoms with van der Waals surface area (Å²) in [6.07, 6.45) is 1.75. The second kappa shape index (κ2) is 7.65. The van der Waals surface area contributed by atoms with Crippen molar-refractivity contribution in [3.63, 3.8) is 0 Å². The molecule has 0 amide bonds. The summed E-state index contributed by atoms with van der Waals surface area (Å²) >= 11 is 0. The standard InChI is InChI=1S/C19H24N2O4S/c1-24-17-5-3-14(4-6-17)7-9-21-10-8-15-12-19(26(20,22)23)18(25-2)11-16(15)13-21/h3-6,11-12H,7-10,13H2,1-2H3,(H2,20,22,23). The zero-order valence-corrected chi connectivity index (χ0v) is 15.9. The lowest BCUT2D eigenvalue weighted by molar-refractivity contribution is 0.256. The molecular formula is C19H24N2O4S. The van der Waals surface area contributed by atoms with Gasteiger partial charge in [0, 0.05) is 19.6 Å². The van der Waals surface area contributed by atoms with Crippen LogP contribution in [0.15, 0.2) is 41.3 Å². The van der Waals surface area contributed by atoms with Crippen molar-refractivity contribution in [2.75, 3.05) is 27.3 Å². The Morgan fingerprint density at radius 2 is 1.81 bits per heavy atom. The fraction of sp³-hybridized carbons (Fsp3) is 0.368. The lowest BCUT2D eigenvalue weighted by Crippen LogP contribution is -2.32. The predicted molar refractivity (Wildman–Crippen MR) is 100 cm³/mol. The van der Waals surface area contributed by atoms with Gasteiger partial charge in [-0.2, -0.15) is 0 Å². The molecule has 140 valence electrons. The second-order valence-electron chi connectivity index (χ2n) is 6.44. The summed E-state index contributed by atoms with van der Waals surface area (Å²) in [6.45, 7) is 2.59. The number of hydrogen-bond acceptors (Lipinski definition) is 5. The summed E-state index contributed by atoms with van der Waals surface area (Å²) in [4.78, 5) is 2.42. The Balaban J connectivity index is 1.70. The maximum absolute atomic E-state index is 11.7. The topological polar surface area (TPSA) is 81.9 Å². The number of benzene rings is 2. The zero-order valence-electron chi connectivity index (χ0n) is 15.1. The highest BCUT2D eigenvalue weighted by Gasteiger charge is 2.22. The van der Waals surface area contributed by atoms with E-state index in [0.29, 0.717) is 5.75 Å². The maximum Gasteiger partial charge on any atom is 0.241 e. The van der Waals surface area contributed by atoms with E-state index in [1.165, 1.54) is 12.7 Å². The van der Waals surface area contributed by atoms with Gasteiger partial charge in [0.05, 0.1) is 14.2 Å². The smallest absolute Gasteiger partial charge is 0.241 e.